The second-order valence-electron chi connectivity index (χ2n) is 4.76. The van der Waals surface area contributed by atoms with Crippen molar-refractivity contribution in [3.05, 3.63) is 17.7 Å². The molecule has 2 N–H and O–H groups in total. The summed E-state index contributed by atoms with van der Waals surface area (Å²) in [4.78, 5) is 12.2. The number of methoxy groups -OCH3 is 2. The molecular weight excluding hydrogens is 310 g/mol. The van der Waals surface area contributed by atoms with E-state index in [1.165, 1.54) is 26.4 Å². The number of benzene rings is 1. The highest BCUT2D eigenvalue weighted by Crippen LogP contribution is 2.39. The third-order valence-electron chi connectivity index (χ3n) is 3.05. The monoisotopic (exact) mass is 332 g/mol. The summed E-state index contributed by atoms with van der Waals surface area (Å²) in [7, 11) is 2.59. The Morgan fingerprint density at radius 2 is 1.78 bits per heavy atom. The van der Waals surface area contributed by atoms with E-state index in [0.717, 1.165) is 6.54 Å². The van der Waals surface area contributed by atoms with Gasteiger partial charge in [-0.1, -0.05) is 6.92 Å². The van der Waals surface area contributed by atoms with E-state index in [4.69, 9.17) is 9.47 Å². The van der Waals surface area contributed by atoms with Crippen molar-refractivity contribution in [1.82, 2.24) is 10.6 Å². The number of amides is 1. The Labute approximate surface area is 134 Å². The Balaban J connectivity index is 2.97. The number of alkyl halides is 2. The normalized spacial score (nSPS) is 12.0. The molecule has 130 valence electrons. The van der Waals surface area contributed by atoms with Crippen LogP contribution in [0.15, 0.2) is 12.1 Å². The van der Waals surface area contributed by atoms with Gasteiger partial charge in [0.15, 0.2) is 11.5 Å². The molecule has 0 aliphatic heterocycles. The molecule has 1 aromatic carbocycles. The lowest BCUT2D eigenvalue weighted by Crippen LogP contribution is -2.38. The van der Waals surface area contributed by atoms with Crippen molar-refractivity contribution in [2.24, 2.45) is 0 Å². The zero-order valence-corrected chi connectivity index (χ0v) is 13.6. The average Bonchev–Trinajstić information content (AvgIpc) is 2.52. The molecule has 1 atom stereocenters. The van der Waals surface area contributed by atoms with Gasteiger partial charge in [0, 0.05) is 18.2 Å². The number of carbonyl (C=O) groups excluding carboxylic acids is 1. The molecule has 0 fully saturated rings. The highest BCUT2D eigenvalue weighted by molar-refractivity contribution is 5.95. The molecule has 0 unspecified atom stereocenters. The Morgan fingerprint density at radius 3 is 2.22 bits per heavy atom. The highest BCUT2D eigenvalue weighted by atomic mass is 19.3. The Kier molecular flexibility index (Phi) is 7.53. The van der Waals surface area contributed by atoms with Crippen LogP contribution in [0.3, 0.4) is 0 Å². The van der Waals surface area contributed by atoms with E-state index in [1.54, 1.807) is 0 Å². The number of carbonyl (C=O) groups is 1. The minimum atomic E-state index is -3.03. The van der Waals surface area contributed by atoms with E-state index in [9.17, 15) is 13.6 Å². The van der Waals surface area contributed by atoms with Crippen LogP contribution in [0.25, 0.3) is 0 Å². The number of likely N-dealkylation sites (N-methyl/N-ethyl adjacent to an activating group) is 1. The molecule has 23 heavy (non-hydrogen) atoms. The predicted octanol–water partition coefficient (Wildman–Crippen LogP) is 2.03. The fourth-order valence-corrected chi connectivity index (χ4v) is 1.98. The molecule has 1 aromatic rings. The molecule has 0 bridgehead atoms. The van der Waals surface area contributed by atoms with E-state index in [1.807, 2.05) is 13.8 Å². The third kappa shape index (κ3) is 5.55. The van der Waals surface area contributed by atoms with Crippen LogP contribution in [0.1, 0.15) is 24.2 Å². The van der Waals surface area contributed by atoms with Crippen LogP contribution in [-0.2, 0) is 0 Å². The van der Waals surface area contributed by atoms with Gasteiger partial charge in [0.2, 0.25) is 5.75 Å². The largest absolute Gasteiger partial charge is 0.493 e. The zero-order chi connectivity index (χ0) is 17.4. The molecule has 0 aliphatic carbocycles. The minimum Gasteiger partial charge on any atom is -0.493 e. The maximum atomic E-state index is 12.5. The first-order valence-electron chi connectivity index (χ1n) is 7.15. The maximum absolute atomic E-state index is 12.5. The van der Waals surface area contributed by atoms with Crippen LogP contribution in [-0.4, -0.2) is 45.9 Å². The molecule has 0 aliphatic rings. The number of ether oxygens (including phenoxy) is 3. The summed E-state index contributed by atoms with van der Waals surface area (Å²) in [5, 5.41) is 5.91. The molecule has 8 heteroatoms. The van der Waals surface area contributed by atoms with E-state index in [-0.39, 0.29) is 34.8 Å². The van der Waals surface area contributed by atoms with Crippen LogP contribution in [0.4, 0.5) is 8.78 Å². The van der Waals surface area contributed by atoms with E-state index in [2.05, 4.69) is 15.4 Å². The van der Waals surface area contributed by atoms with Gasteiger partial charge in [-0.15, -0.1) is 0 Å². The highest BCUT2D eigenvalue weighted by Gasteiger charge is 2.20. The fourth-order valence-electron chi connectivity index (χ4n) is 1.98. The quantitative estimate of drug-likeness (QED) is 0.724. The molecule has 6 nitrogen and oxygen atoms in total. The van der Waals surface area contributed by atoms with Crippen LogP contribution in [0.5, 0.6) is 17.2 Å². The van der Waals surface area contributed by atoms with Crippen molar-refractivity contribution in [3.8, 4) is 17.2 Å². The van der Waals surface area contributed by atoms with Gasteiger partial charge in [0.1, 0.15) is 0 Å². The number of rotatable bonds is 9. The lowest BCUT2D eigenvalue weighted by molar-refractivity contribution is -0.0526. The van der Waals surface area contributed by atoms with Crippen LogP contribution < -0.4 is 24.8 Å². The van der Waals surface area contributed by atoms with Gasteiger partial charge < -0.3 is 24.8 Å². The number of halogens is 2. The smallest absolute Gasteiger partial charge is 0.387 e. The summed E-state index contributed by atoms with van der Waals surface area (Å²) in [5.74, 6) is -0.624. The first-order valence-corrected chi connectivity index (χ1v) is 7.15. The maximum Gasteiger partial charge on any atom is 0.387 e. The number of nitrogens with one attached hydrogen (secondary N) is 2. The van der Waals surface area contributed by atoms with Crippen LogP contribution >= 0.6 is 0 Å². The molecule has 0 heterocycles. The Hall–Kier alpha value is -2.09. The molecule has 0 saturated heterocycles. The molecule has 0 spiro atoms. The summed E-state index contributed by atoms with van der Waals surface area (Å²) in [5.41, 5.74) is 0.226. The Bertz CT molecular complexity index is 501. The van der Waals surface area contributed by atoms with Crippen LogP contribution in [0.2, 0.25) is 0 Å². The van der Waals surface area contributed by atoms with E-state index >= 15 is 0 Å². The summed E-state index contributed by atoms with van der Waals surface area (Å²) in [6.45, 7) is 2.09. The minimum absolute atomic E-state index is 0.00506. The van der Waals surface area contributed by atoms with Crippen molar-refractivity contribution < 1.29 is 27.8 Å². The van der Waals surface area contributed by atoms with Crippen molar-refractivity contribution >= 4 is 5.91 Å². The first kappa shape index (κ1) is 19.0. The van der Waals surface area contributed by atoms with Gasteiger partial charge in [-0.3, -0.25) is 4.79 Å². The van der Waals surface area contributed by atoms with Crippen molar-refractivity contribution in [3.63, 3.8) is 0 Å². The van der Waals surface area contributed by atoms with Gasteiger partial charge in [-0.25, -0.2) is 0 Å². The molecule has 0 aromatic heterocycles. The second-order valence-corrected chi connectivity index (χ2v) is 4.76. The Morgan fingerprint density at radius 1 is 1.22 bits per heavy atom. The molecule has 1 rings (SSSR count). The predicted molar refractivity (Wildman–Crippen MR) is 81.6 cm³/mol. The van der Waals surface area contributed by atoms with Crippen molar-refractivity contribution in [2.75, 3.05) is 27.3 Å². The van der Waals surface area contributed by atoms with Gasteiger partial charge in [0.05, 0.1) is 14.2 Å². The summed E-state index contributed by atoms with van der Waals surface area (Å²) < 4.78 is 39.4. The van der Waals surface area contributed by atoms with Gasteiger partial charge in [0.25, 0.3) is 5.91 Å². The molecular formula is C15H22F2N2O4. The standard InChI is InChI=1S/C15H22F2N2O4/c1-5-18-9(2)8-19-14(20)10-6-11(21-3)13(23-15(16)17)12(7-10)22-4/h6-7,9,15,18H,5,8H2,1-4H3,(H,19,20)/t9-/m1/s1. The van der Waals surface area contributed by atoms with Crippen molar-refractivity contribution in [1.29, 1.82) is 0 Å². The molecule has 0 saturated carbocycles. The number of hydrogen-bond donors (Lipinski definition) is 2. The second kappa shape index (κ2) is 9.14. The SMILES string of the molecule is CCN[C@H](C)CNC(=O)c1cc(OC)c(OC(F)F)c(OC)c1. The summed E-state index contributed by atoms with van der Waals surface area (Å²) in [6.07, 6.45) is 0. The number of hydrogen-bond acceptors (Lipinski definition) is 5. The molecule has 1 amide bonds. The third-order valence-corrected chi connectivity index (χ3v) is 3.05. The summed E-state index contributed by atoms with van der Waals surface area (Å²) in [6, 6.07) is 2.76. The van der Waals surface area contributed by atoms with Crippen LogP contribution in [0, 0.1) is 0 Å². The van der Waals surface area contributed by atoms with Gasteiger partial charge >= 0.3 is 6.61 Å². The lowest BCUT2D eigenvalue weighted by atomic mass is 10.1. The van der Waals surface area contributed by atoms with Gasteiger partial charge in [-0.05, 0) is 25.6 Å². The van der Waals surface area contributed by atoms with E-state index in [0.29, 0.717) is 6.54 Å². The summed E-state index contributed by atoms with van der Waals surface area (Å²) >= 11 is 0. The first-order chi connectivity index (χ1) is 10.9. The van der Waals surface area contributed by atoms with Gasteiger partial charge in [-0.2, -0.15) is 8.78 Å². The zero-order valence-electron chi connectivity index (χ0n) is 13.6. The average molecular weight is 332 g/mol. The lowest BCUT2D eigenvalue weighted by Gasteiger charge is -2.16. The van der Waals surface area contributed by atoms with Crippen molar-refractivity contribution in [2.45, 2.75) is 26.5 Å². The molecule has 0 radical (unpaired) electrons. The topological polar surface area (TPSA) is 68.8 Å². The fraction of sp³-hybridized carbons (Fsp3) is 0.533. The van der Waals surface area contributed by atoms with E-state index < -0.39 is 6.61 Å².